The highest BCUT2D eigenvalue weighted by Crippen LogP contribution is 2.17. The highest BCUT2D eigenvalue weighted by Gasteiger charge is 2.04. The van der Waals surface area contributed by atoms with Crippen LogP contribution in [-0.2, 0) is 11.3 Å². The highest BCUT2D eigenvalue weighted by atomic mass is 16.5. The summed E-state index contributed by atoms with van der Waals surface area (Å²) in [6.45, 7) is 6.47. The van der Waals surface area contributed by atoms with Gasteiger partial charge in [-0.25, -0.2) is 0 Å². The maximum Gasteiger partial charge on any atom is 0.123 e. The first-order valence-electron chi connectivity index (χ1n) is 5.72. The van der Waals surface area contributed by atoms with Crippen LogP contribution in [0.5, 0.6) is 5.75 Å². The van der Waals surface area contributed by atoms with E-state index in [0.717, 1.165) is 18.8 Å². The third kappa shape index (κ3) is 4.21. The molecule has 16 heavy (non-hydrogen) atoms. The van der Waals surface area contributed by atoms with Gasteiger partial charge in [0.2, 0.25) is 0 Å². The van der Waals surface area contributed by atoms with Crippen LogP contribution in [0.1, 0.15) is 19.4 Å². The van der Waals surface area contributed by atoms with E-state index in [2.05, 4.69) is 18.3 Å². The summed E-state index contributed by atoms with van der Waals surface area (Å²) in [6, 6.07) is 8.09. The standard InChI is InChI=1S/C13H21NO2/c1-4-14-9-12-7-5-6-8-13(12)16-10-11(2)15-3/h5-8,11,14H,4,9-10H2,1-3H3. The molecule has 1 N–H and O–H groups in total. The minimum Gasteiger partial charge on any atom is -0.491 e. The zero-order valence-electron chi connectivity index (χ0n) is 10.3. The Balaban J connectivity index is 2.56. The van der Waals surface area contributed by atoms with Crippen LogP contribution in [0.15, 0.2) is 24.3 Å². The van der Waals surface area contributed by atoms with Crippen LogP contribution in [0.3, 0.4) is 0 Å². The molecule has 0 heterocycles. The van der Waals surface area contributed by atoms with Gasteiger partial charge in [-0.3, -0.25) is 0 Å². The molecule has 0 fully saturated rings. The zero-order valence-corrected chi connectivity index (χ0v) is 10.3. The topological polar surface area (TPSA) is 30.5 Å². The van der Waals surface area contributed by atoms with Gasteiger partial charge in [0.15, 0.2) is 0 Å². The number of rotatable bonds is 7. The first-order valence-corrected chi connectivity index (χ1v) is 5.72. The molecule has 0 aliphatic rings. The predicted octanol–water partition coefficient (Wildman–Crippen LogP) is 2.21. The third-order valence-corrected chi connectivity index (χ3v) is 2.41. The zero-order chi connectivity index (χ0) is 11.8. The van der Waals surface area contributed by atoms with Crippen LogP contribution in [0.2, 0.25) is 0 Å². The summed E-state index contributed by atoms with van der Waals surface area (Å²) >= 11 is 0. The number of para-hydroxylation sites is 1. The van der Waals surface area contributed by atoms with Crippen molar-refractivity contribution in [1.82, 2.24) is 5.32 Å². The molecule has 0 amide bonds. The number of hydrogen-bond acceptors (Lipinski definition) is 3. The second-order valence-corrected chi connectivity index (χ2v) is 3.75. The fourth-order valence-electron chi connectivity index (χ4n) is 1.33. The summed E-state index contributed by atoms with van der Waals surface area (Å²) in [4.78, 5) is 0. The summed E-state index contributed by atoms with van der Waals surface area (Å²) in [5.74, 6) is 0.937. The van der Waals surface area contributed by atoms with Gasteiger partial charge in [0.25, 0.3) is 0 Å². The molecule has 0 bridgehead atoms. The summed E-state index contributed by atoms with van der Waals surface area (Å²) in [5, 5.41) is 3.30. The van der Waals surface area contributed by atoms with Gasteiger partial charge in [0, 0.05) is 19.2 Å². The van der Waals surface area contributed by atoms with Crippen molar-refractivity contribution in [2.24, 2.45) is 0 Å². The summed E-state index contributed by atoms with van der Waals surface area (Å²) in [7, 11) is 1.69. The van der Waals surface area contributed by atoms with Crippen molar-refractivity contribution in [2.75, 3.05) is 20.3 Å². The van der Waals surface area contributed by atoms with Gasteiger partial charge >= 0.3 is 0 Å². The molecule has 1 aromatic rings. The van der Waals surface area contributed by atoms with Crippen LogP contribution in [0.4, 0.5) is 0 Å². The quantitative estimate of drug-likeness (QED) is 0.768. The Bertz CT molecular complexity index is 302. The average Bonchev–Trinajstić information content (AvgIpc) is 2.34. The van der Waals surface area contributed by atoms with E-state index in [9.17, 15) is 0 Å². The Labute approximate surface area is 97.8 Å². The molecule has 3 nitrogen and oxygen atoms in total. The van der Waals surface area contributed by atoms with Gasteiger partial charge in [-0.1, -0.05) is 25.1 Å². The van der Waals surface area contributed by atoms with Crippen molar-refractivity contribution >= 4 is 0 Å². The van der Waals surface area contributed by atoms with Crippen molar-refractivity contribution in [3.8, 4) is 5.75 Å². The minimum atomic E-state index is 0.118. The second-order valence-electron chi connectivity index (χ2n) is 3.75. The van der Waals surface area contributed by atoms with E-state index in [1.54, 1.807) is 7.11 Å². The van der Waals surface area contributed by atoms with E-state index in [1.165, 1.54) is 5.56 Å². The number of nitrogens with one attached hydrogen (secondary N) is 1. The number of ether oxygens (including phenoxy) is 2. The molecule has 3 heteroatoms. The maximum absolute atomic E-state index is 5.72. The SMILES string of the molecule is CCNCc1ccccc1OCC(C)OC. The molecule has 1 unspecified atom stereocenters. The molecule has 1 rings (SSSR count). The lowest BCUT2D eigenvalue weighted by Crippen LogP contribution is -2.18. The molecule has 1 aromatic carbocycles. The Morgan fingerprint density at radius 3 is 2.75 bits per heavy atom. The van der Waals surface area contributed by atoms with Crippen molar-refractivity contribution in [2.45, 2.75) is 26.5 Å². The van der Waals surface area contributed by atoms with E-state index in [1.807, 2.05) is 25.1 Å². The predicted molar refractivity (Wildman–Crippen MR) is 65.8 cm³/mol. The first kappa shape index (κ1) is 13.0. The number of benzene rings is 1. The van der Waals surface area contributed by atoms with Crippen molar-refractivity contribution < 1.29 is 9.47 Å². The molecule has 0 saturated carbocycles. The lowest BCUT2D eigenvalue weighted by Gasteiger charge is -2.14. The minimum absolute atomic E-state index is 0.118. The monoisotopic (exact) mass is 223 g/mol. The van der Waals surface area contributed by atoms with Crippen LogP contribution >= 0.6 is 0 Å². The van der Waals surface area contributed by atoms with E-state index in [-0.39, 0.29) is 6.10 Å². The normalized spacial score (nSPS) is 12.4. The Hall–Kier alpha value is -1.06. The fourth-order valence-corrected chi connectivity index (χ4v) is 1.33. The van der Waals surface area contributed by atoms with Crippen molar-refractivity contribution in [3.05, 3.63) is 29.8 Å². The molecule has 0 aromatic heterocycles. The van der Waals surface area contributed by atoms with Gasteiger partial charge < -0.3 is 14.8 Å². The molecule has 90 valence electrons. The van der Waals surface area contributed by atoms with Gasteiger partial charge in [-0.05, 0) is 19.5 Å². The Kier molecular flexibility index (Phi) is 5.90. The molecule has 0 aliphatic heterocycles. The van der Waals surface area contributed by atoms with Crippen molar-refractivity contribution in [3.63, 3.8) is 0 Å². The van der Waals surface area contributed by atoms with Crippen LogP contribution in [0, 0.1) is 0 Å². The van der Waals surface area contributed by atoms with Gasteiger partial charge in [0.05, 0.1) is 6.10 Å². The molecular weight excluding hydrogens is 202 g/mol. The third-order valence-electron chi connectivity index (χ3n) is 2.41. The lowest BCUT2D eigenvalue weighted by molar-refractivity contribution is 0.0713. The molecule has 0 saturated heterocycles. The van der Waals surface area contributed by atoms with E-state index in [4.69, 9.17) is 9.47 Å². The number of methoxy groups -OCH3 is 1. The van der Waals surface area contributed by atoms with E-state index >= 15 is 0 Å². The molecule has 1 atom stereocenters. The lowest BCUT2D eigenvalue weighted by atomic mass is 10.2. The second kappa shape index (κ2) is 7.25. The number of hydrogen-bond donors (Lipinski definition) is 1. The largest absolute Gasteiger partial charge is 0.491 e. The van der Waals surface area contributed by atoms with Gasteiger partial charge in [-0.2, -0.15) is 0 Å². The smallest absolute Gasteiger partial charge is 0.123 e. The fraction of sp³-hybridized carbons (Fsp3) is 0.538. The van der Waals surface area contributed by atoms with Gasteiger partial charge in [-0.15, -0.1) is 0 Å². The molecule has 0 spiro atoms. The van der Waals surface area contributed by atoms with E-state index < -0.39 is 0 Å². The Morgan fingerprint density at radius 2 is 2.06 bits per heavy atom. The summed E-state index contributed by atoms with van der Waals surface area (Å²) in [5.41, 5.74) is 1.19. The Morgan fingerprint density at radius 1 is 1.31 bits per heavy atom. The molecule has 0 radical (unpaired) electrons. The maximum atomic E-state index is 5.72. The average molecular weight is 223 g/mol. The molecular formula is C13H21NO2. The summed E-state index contributed by atoms with van der Waals surface area (Å²) < 4.78 is 10.9. The van der Waals surface area contributed by atoms with Crippen LogP contribution in [-0.4, -0.2) is 26.4 Å². The van der Waals surface area contributed by atoms with Crippen molar-refractivity contribution in [1.29, 1.82) is 0 Å². The summed E-state index contributed by atoms with van der Waals surface area (Å²) in [6.07, 6.45) is 0.118. The van der Waals surface area contributed by atoms with Crippen LogP contribution in [0.25, 0.3) is 0 Å². The van der Waals surface area contributed by atoms with Crippen LogP contribution < -0.4 is 10.1 Å². The highest BCUT2D eigenvalue weighted by molar-refractivity contribution is 5.33. The molecule has 0 aliphatic carbocycles. The van der Waals surface area contributed by atoms with Gasteiger partial charge in [0.1, 0.15) is 12.4 Å². The van der Waals surface area contributed by atoms with E-state index in [0.29, 0.717) is 6.61 Å². The first-order chi connectivity index (χ1) is 7.77.